The van der Waals surface area contributed by atoms with Crippen molar-refractivity contribution in [2.24, 2.45) is 0 Å². The molecule has 92 valence electrons. The Kier molecular flexibility index (Phi) is 3.43. The van der Waals surface area contributed by atoms with Crippen molar-refractivity contribution >= 4 is 40.2 Å². The number of benzene rings is 1. The molecule has 1 aromatic heterocycles. The fraction of sp³-hybridized carbons (Fsp3) is 0.0833. The molecule has 2 rings (SSSR count). The number of halogens is 1. The minimum Gasteiger partial charge on any atom is -0.381 e. The molecule has 2 aromatic rings. The van der Waals surface area contributed by atoms with Gasteiger partial charge in [0.25, 0.3) is 0 Å². The molecule has 0 bridgehead atoms. The summed E-state index contributed by atoms with van der Waals surface area (Å²) in [5, 5.41) is 3.12. The summed E-state index contributed by atoms with van der Waals surface area (Å²) in [7, 11) is 0. The number of nitrogens with two attached hydrogens (primary N) is 1. The fourth-order valence-electron chi connectivity index (χ4n) is 1.44. The third-order valence-electron chi connectivity index (χ3n) is 2.21. The first-order chi connectivity index (χ1) is 8.60. The fourth-order valence-corrected chi connectivity index (χ4v) is 1.61. The molecule has 6 heteroatoms. The lowest BCUT2D eigenvalue weighted by atomic mass is 10.3. The van der Waals surface area contributed by atoms with Gasteiger partial charge in [-0.2, -0.15) is 0 Å². The normalized spacial score (nSPS) is 11.0. The number of carbonyl (C=O) groups excluding carboxylic acids is 1. The van der Waals surface area contributed by atoms with E-state index in [2.05, 4.69) is 15.3 Å². The van der Waals surface area contributed by atoms with E-state index in [4.69, 9.17) is 17.3 Å². The van der Waals surface area contributed by atoms with Crippen molar-refractivity contribution in [2.75, 3.05) is 11.1 Å². The van der Waals surface area contributed by atoms with E-state index in [-0.39, 0.29) is 17.5 Å². The smallest absolute Gasteiger partial charge is 0.249 e. The average molecular weight is 263 g/mol. The van der Waals surface area contributed by atoms with E-state index >= 15 is 0 Å². The standard InChI is InChI=1S/C12H11ClN4O/c1-2-3-10(18)17-12-11(14)15-9-6-7(13)4-5-8(9)16-12/h2-6H,1H3,(H2,14,15)(H,16,17,18)/b3-2+. The number of fused-ring (bicyclic) bond motifs is 1. The van der Waals surface area contributed by atoms with Crippen molar-refractivity contribution in [1.82, 2.24) is 9.97 Å². The van der Waals surface area contributed by atoms with Gasteiger partial charge in [0.2, 0.25) is 5.91 Å². The molecule has 0 fully saturated rings. The van der Waals surface area contributed by atoms with Crippen molar-refractivity contribution in [2.45, 2.75) is 6.92 Å². The zero-order chi connectivity index (χ0) is 13.1. The molecule has 0 radical (unpaired) electrons. The summed E-state index contributed by atoms with van der Waals surface area (Å²) >= 11 is 5.85. The van der Waals surface area contributed by atoms with Gasteiger partial charge in [0.05, 0.1) is 11.0 Å². The Bertz CT molecular complexity index is 639. The van der Waals surface area contributed by atoms with Gasteiger partial charge in [-0.25, -0.2) is 9.97 Å². The summed E-state index contributed by atoms with van der Waals surface area (Å²) in [5.41, 5.74) is 6.93. The Morgan fingerprint density at radius 2 is 2.17 bits per heavy atom. The van der Waals surface area contributed by atoms with Crippen LogP contribution < -0.4 is 11.1 Å². The van der Waals surface area contributed by atoms with Gasteiger partial charge >= 0.3 is 0 Å². The topological polar surface area (TPSA) is 80.9 Å². The number of amides is 1. The van der Waals surface area contributed by atoms with Crippen molar-refractivity contribution in [1.29, 1.82) is 0 Å². The van der Waals surface area contributed by atoms with E-state index in [9.17, 15) is 4.79 Å². The Morgan fingerprint density at radius 3 is 2.89 bits per heavy atom. The lowest BCUT2D eigenvalue weighted by Crippen LogP contribution is -2.12. The van der Waals surface area contributed by atoms with Gasteiger partial charge in [-0.05, 0) is 31.2 Å². The van der Waals surface area contributed by atoms with E-state index < -0.39 is 0 Å². The van der Waals surface area contributed by atoms with E-state index in [1.54, 1.807) is 31.2 Å². The highest BCUT2D eigenvalue weighted by atomic mass is 35.5. The average Bonchev–Trinajstić information content (AvgIpc) is 2.31. The minimum atomic E-state index is -0.299. The van der Waals surface area contributed by atoms with Crippen LogP contribution >= 0.6 is 11.6 Å². The number of nitrogen functional groups attached to an aromatic ring is 1. The number of rotatable bonds is 2. The number of hydrogen-bond acceptors (Lipinski definition) is 4. The van der Waals surface area contributed by atoms with E-state index in [1.165, 1.54) is 6.08 Å². The molecule has 1 heterocycles. The molecule has 1 amide bonds. The van der Waals surface area contributed by atoms with Gasteiger partial charge in [-0.1, -0.05) is 17.7 Å². The van der Waals surface area contributed by atoms with Crippen LogP contribution in [-0.4, -0.2) is 15.9 Å². The second-order valence-electron chi connectivity index (χ2n) is 3.58. The summed E-state index contributed by atoms with van der Waals surface area (Å²) in [4.78, 5) is 19.8. The van der Waals surface area contributed by atoms with Gasteiger partial charge in [-0.3, -0.25) is 4.79 Å². The van der Waals surface area contributed by atoms with Crippen LogP contribution in [0.4, 0.5) is 11.6 Å². The molecule has 0 spiro atoms. The van der Waals surface area contributed by atoms with Crippen molar-refractivity contribution in [3.63, 3.8) is 0 Å². The first kappa shape index (κ1) is 12.3. The summed E-state index contributed by atoms with van der Waals surface area (Å²) in [5.74, 6) is 0.0994. The Balaban J connectivity index is 2.43. The molecule has 0 aliphatic carbocycles. The summed E-state index contributed by atoms with van der Waals surface area (Å²) in [6.07, 6.45) is 3.01. The monoisotopic (exact) mass is 262 g/mol. The van der Waals surface area contributed by atoms with E-state index in [0.29, 0.717) is 16.1 Å². The first-order valence-electron chi connectivity index (χ1n) is 5.26. The lowest BCUT2D eigenvalue weighted by molar-refractivity contribution is -0.111. The number of nitrogens with zero attached hydrogens (tertiary/aromatic N) is 2. The van der Waals surface area contributed by atoms with Gasteiger partial charge in [0.1, 0.15) is 0 Å². The maximum Gasteiger partial charge on any atom is 0.249 e. The second kappa shape index (κ2) is 5.01. The van der Waals surface area contributed by atoms with Crippen LogP contribution in [-0.2, 0) is 4.79 Å². The van der Waals surface area contributed by atoms with Crippen LogP contribution in [0.15, 0.2) is 30.4 Å². The number of carbonyl (C=O) groups is 1. The van der Waals surface area contributed by atoms with Crippen molar-refractivity contribution < 1.29 is 4.79 Å². The third kappa shape index (κ3) is 2.57. The van der Waals surface area contributed by atoms with Crippen LogP contribution in [0.25, 0.3) is 11.0 Å². The maximum absolute atomic E-state index is 11.4. The van der Waals surface area contributed by atoms with Gasteiger partial charge in [0.15, 0.2) is 11.6 Å². The number of anilines is 2. The molecule has 5 nitrogen and oxygen atoms in total. The zero-order valence-electron chi connectivity index (χ0n) is 9.64. The van der Waals surface area contributed by atoms with E-state index in [0.717, 1.165) is 0 Å². The quantitative estimate of drug-likeness (QED) is 0.814. The maximum atomic E-state index is 11.4. The second-order valence-corrected chi connectivity index (χ2v) is 4.02. The molecular weight excluding hydrogens is 252 g/mol. The highest BCUT2D eigenvalue weighted by Gasteiger charge is 2.08. The van der Waals surface area contributed by atoms with Crippen LogP contribution in [0.3, 0.4) is 0 Å². The summed E-state index contributed by atoms with van der Waals surface area (Å²) in [6, 6.07) is 5.08. The zero-order valence-corrected chi connectivity index (χ0v) is 10.4. The molecule has 0 saturated carbocycles. The van der Waals surface area contributed by atoms with Gasteiger partial charge in [0, 0.05) is 5.02 Å². The summed E-state index contributed by atoms with van der Waals surface area (Å²) < 4.78 is 0. The first-order valence-corrected chi connectivity index (χ1v) is 5.64. The molecule has 0 aliphatic rings. The highest BCUT2D eigenvalue weighted by Crippen LogP contribution is 2.21. The van der Waals surface area contributed by atoms with Crippen molar-refractivity contribution in [3.05, 3.63) is 35.4 Å². The largest absolute Gasteiger partial charge is 0.381 e. The lowest BCUT2D eigenvalue weighted by Gasteiger charge is -2.06. The predicted octanol–water partition coefficient (Wildman–Crippen LogP) is 2.38. The molecule has 3 N–H and O–H groups in total. The SMILES string of the molecule is C/C=C/C(=O)Nc1nc2ccc(Cl)cc2nc1N. The molecule has 18 heavy (non-hydrogen) atoms. The van der Waals surface area contributed by atoms with Crippen LogP contribution in [0.1, 0.15) is 6.92 Å². The minimum absolute atomic E-state index is 0.155. The molecule has 0 saturated heterocycles. The Labute approximate surface area is 109 Å². The van der Waals surface area contributed by atoms with E-state index in [1.807, 2.05) is 0 Å². The summed E-state index contributed by atoms with van der Waals surface area (Å²) in [6.45, 7) is 1.75. The number of allylic oxidation sites excluding steroid dienone is 1. The van der Waals surface area contributed by atoms with Crippen molar-refractivity contribution in [3.8, 4) is 0 Å². The van der Waals surface area contributed by atoms with Crippen LogP contribution in [0, 0.1) is 0 Å². The molecule has 0 aliphatic heterocycles. The highest BCUT2D eigenvalue weighted by molar-refractivity contribution is 6.31. The Morgan fingerprint density at radius 1 is 1.39 bits per heavy atom. The molecule has 0 atom stereocenters. The number of aromatic nitrogens is 2. The van der Waals surface area contributed by atoms with Gasteiger partial charge in [-0.15, -0.1) is 0 Å². The number of hydrogen-bond donors (Lipinski definition) is 2. The van der Waals surface area contributed by atoms with Crippen LogP contribution in [0.5, 0.6) is 0 Å². The molecule has 1 aromatic carbocycles. The van der Waals surface area contributed by atoms with Crippen LogP contribution in [0.2, 0.25) is 5.02 Å². The molecular formula is C12H11ClN4O. The predicted molar refractivity (Wildman–Crippen MR) is 72.4 cm³/mol. The third-order valence-corrected chi connectivity index (χ3v) is 2.45. The molecule has 0 unspecified atom stereocenters. The van der Waals surface area contributed by atoms with Gasteiger partial charge < -0.3 is 11.1 Å². The number of nitrogens with one attached hydrogen (secondary N) is 1. The Hall–Kier alpha value is -2.14.